The van der Waals surface area contributed by atoms with Crippen LogP contribution in [0.3, 0.4) is 0 Å². The Hall–Kier alpha value is -2.17. The number of amides is 1. The maximum Gasteiger partial charge on any atom is 0.490 e. The van der Waals surface area contributed by atoms with E-state index in [0.717, 1.165) is 64.9 Å². The summed E-state index contributed by atoms with van der Waals surface area (Å²) in [6.07, 6.45) is 0.166. The average Bonchev–Trinajstić information content (AvgIpc) is 3.47. The molecule has 0 aliphatic carbocycles. The van der Waals surface area contributed by atoms with Crippen molar-refractivity contribution in [2.24, 2.45) is 0 Å². The van der Waals surface area contributed by atoms with E-state index in [1.165, 1.54) is 5.56 Å². The molecule has 3 fully saturated rings. The molecule has 3 atom stereocenters. The van der Waals surface area contributed by atoms with Crippen LogP contribution in [-0.4, -0.2) is 84.0 Å². The number of carboxylic acids is 1. The lowest BCUT2D eigenvalue weighted by Crippen LogP contribution is -2.48. The normalized spacial score (nSPS) is 25.3. The van der Waals surface area contributed by atoms with Crippen LogP contribution in [0.1, 0.15) is 37.7 Å². The second kappa shape index (κ2) is 11.8. The van der Waals surface area contributed by atoms with Crippen LogP contribution in [0, 0.1) is 0 Å². The highest BCUT2D eigenvalue weighted by molar-refractivity contribution is 5.81. The van der Waals surface area contributed by atoms with E-state index < -0.39 is 12.1 Å². The van der Waals surface area contributed by atoms with Crippen molar-refractivity contribution in [3.8, 4) is 0 Å². The summed E-state index contributed by atoms with van der Waals surface area (Å²) in [4.78, 5) is 26.0. The first-order chi connectivity index (χ1) is 15.8. The largest absolute Gasteiger partial charge is 0.490 e. The molecule has 7 nitrogen and oxygen atoms in total. The number of halogens is 3. The molecule has 0 saturated carbocycles. The van der Waals surface area contributed by atoms with Crippen molar-refractivity contribution < 1.29 is 37.3 Å². The Balaban J connectivity index is 0.000000383. The third-order valence-corrected chi connectivity index (χ3v) is 6.23. The van der Waals surface area contributed by atoms with Gasteiger partial charge in [-0.1, -0.05) is 30.3 Å². The highest BCUT2D eigenvalue weighted by atomic mass is 19.4. The summed E-state index contributed by atoms with van der Waals surface area (Å²) < 4.78 is 43.8. The number of aliphatic carboxylic acids is 1. The lowest BCUT2D eigenvalue weighted by atomic mass is 9.98. The molecule has 0 spiro atoms. The third kappa shape index (κ3) is 7.41. The minimum atomic E-state index is -5.08. The van der Waals surface area contributed by atoms with E-state index >= 15 is 0 Å². The molecule has 0 aromatic heterocycles. The standard InChI is InChI=1S/C21H30N2O3.C2HF3O2/c24-21(23-11-4-5-12-23)20-9-8-18-19(26-20)10-13-22(18)14-15-25-16-17-6-2-1-3-7-17;3-2(4,5)1(6)7/h1-3,6-7,18-20H,4-5,8-16H2;(H,6,7)/t18-,19-,20+;/m1./s1. The van der Waals surface area contributed by atoms with Crippen LogP contribution >= 0.6 is 0 Å². The topological polar surface area (TPSA) is 79.3 Å². The van der Waals surface area contributed by atoms with Crippen LogP contribution in [0.2, 0.25) is 0 Å². The van der Waals surface area contributed by atoms with Crippen molar-refractivity contribution >= 4 is 11.9 Å². The highest BCUT2D eigenvalue weighted by Crippen LogP contribution is 2.32. The van der Waals surface area contributed by atoms with E-state index in [2.05, 4.69) is 17.0 Å². The van der Waals surface area contributed by atoms with E-state index in [0.29, 0.717) is 12.6 Å². The van der Waals surface area contributed by atoms with Crippen LogP contribution in [0.4, 0.5) is 13.2 Å². The number of rotatable bonds is 6. The van der Waals surface area contributed by atoms with Crippen molar-refractivity contribution in [1.82, 2.24) is 9.80 Å². The lowest BCUT2D eigenvalue weighted by molar-refractivity contribution is -0.192. The molecule has 0 unspecified atom stereocenters. The predicted octanol–water partition coefficient (Wildman–Crippen LogP) is 3.08. The Labute approximate surface area is 191 Å². The predicted molar refractivity (Wildman–Crippen MR) is 113 cm³/mol. The van der Waals surface area contributed by atoms with Gasteiger partial charge in [-0.3, -0.25) is 9.69 Å². The fraction of sp³-hybridized carbons (Fsp3) is 0.652. The second-order valence-corrected chi connectivity index (χ2v) is 8.51. The van der Waals surface area contributed by atoms with Gasteiger partial charge in [-0.05, 0) is 37.7 Å². The van der Waals surface area contributed by atoms with Gasteiger partial charge in [0.05, 0.1) is 19.3 Å². The summed E-state index contributed by atoms with van der Waals surface area (Å²) in [7, 11) is 0. The van der Waals surface area contributed by atoms with Crippen LogP contribution < -0.4 is 0 Å². The maximum atomic E-state index is 12.6. The average molecular weight is 473 g/mol. The number of likely N-dealkylation sites (tertiary alicyclic amines) is 2. The molecule has 10 heteroatoms. The number of carbonyl (C=O) groups is 2. The van der Waals surface area contributed by atoms with E-state index in [1.807, 2.05) is 23.1 Å². The van der Waals surface area contributed by atoms with Gasteiger partial charge in [0.2, 0.25) is 0 Å². The van der Waals surface area contributed by atoms with E-state index in [9.17, 15) is 18.0 Å². The van der Waals surface area contributed by atoms with Gasteiger partial charge in [0.25, 0.3) is 5.91 Å². The molecule has 3 aliphatic heterocycles. The Bertz CT molecular complexity index is 771. The molecule has 1 N–H and O–H groups in total. The van der Waals surface area contributed by atoms with Gasteiger partial charge in [0, 0.05) is 32.2 Å². The third-order valence-electron chi connectivity index (χ3n) is 6.23. The number of hydrogen-bond donors (Lipinski definition) is 1. The molecule has 184 valence electrons. The summed E-state index contributed by atoms with van der Waals surface area (Å²) in [6.45, 7) is 5.24. The van der Waals surface area contributed by atoms with Crippen LogP contribution in [0.5, 0.6) is 0 Å². The quantitative estimate of drug-likeness (QED) is 0.641. The fourth-order valence-electron chi connectivity index (χ4n) is 4.56. The zero-order valence-corrected chi connectivity index (χ0v) is 18.5. The summed E-state index contributed by atoms with van der Waals surface area (Å²) >= 11 is 0. The van der Waals surface area contributed by atoms with Crippen molar-refractivity contribution in [3.63, 3.8) is 0 Å². The van der Waals surface area contributed by atoms with Gasteiger partial charge >= 0.3 is 12.1 Å². The van der Waals surface area contributed by atoms with E-state index in [1.54, 1.807) is 0 Å². The number of fused-ring (bicyclic) bond motifs is 1. The Morgan fingerprint density at radius 2 is 1.73 bits per heavy atom. The van der Waals surface area contributed by atoms with Gasteiger partial charge in [-0.2, -0.15) is 13.2 Å². The number of nitrogens with zero attached hydrogens (tertiary/aromatic N) is 2. The minimum Gasteiger partial charge on any atom is -0.475 e. The molecule has 0 bridgehead atoms. The van der Waals surface area contributed by atoms with Gasteiger partial charge in [-0.25, -0.2) is 4.79 Å². The molecule has 1 amide bonds. The number of alkyl halides is 3. The van der Waals surface area contributed by atoms with Gasteiger partial charge in [0.1, 0.15) is 6.10 Å². The summed E-state index contributed by atoms with van der Waals surface area (Å²) in [5.74, 6) is -2.53. The fourth-order valence-corrected chi connectivity index (χ4v) is 4.56. The number of carboxylic acid groups (broad SMARTS) is 1. The molecule has 1 aromatic rings. The van der Waals surface area contributed by atoms with Gasteiger partial charge < -0.3 is 19.5 Å². The van der Waals surface area contributed by atoms with Crippen LogP contribution in [0.15, 0.2) is 30.3 Å². The lowest BCUT2D eigenvalue weighted by Gasteiger charge is -2.36. The molecule has 4 rings (SSSR count). The van der Waals surface area contributed by atoms with E-state index in [4.69, 9.17) is 19.4 Å². The van der Waals surface area contributed by atoms with Crippen LogP contribution in [0.25, 0.3) is 0 Å². The van der Waals surface area contributed by atoms with Crippen molar-refractivity contribution in [2.75, 3.05) is 32.8 Å². The maximum absolute atomic E-state index is 12.6. The first-order valence-electron chi connectivity index (χ1n) is 11.4. The van der Waals surface area contributed by atoms with Crippen molar-refractivity contribution in [3.05, 3.63) is 35.9 Å². The first-order valence-corrected chi connectivity index (χ1v) is 11.4. The second-order valence-electron chi connectivity index (χ2n) is 8.51. The molecule has 1 aromatic carbocycles. The smallest absolute Gasteiger partial charge is 0.475 e. The molecular formula is C23H31F3N2O5. The minimum absolute atomic E-state index is 0.205. The van der Waals surface area contributed by atoms with Crippen LogP contribution in [-0.2, 0) is 25.7 Å². The zero-order valence-electron chi connectivity index (χ0n) is 18.5. The number of hydrogen-bond acceptors (Lipinski definition) is 5. The molecule has 3 saturated heterocycles. The summed E-state index contributed by atoms with van der Waals surface area (Å²) in [5.41, 5.74) is 1.22. The van der Waals surface area contributed by atoms with Crippen molar-refractivity contribution in [2.45, 2.75) is 63.1 Å². The Morgan fingerprint density at radius 1 is 1.06 bits per heavy atom. The zero-order chi connectivity index (χ0) is 23.8. The molecule has 3 aliphatic rings. The van der Waals surface area contributed by atoms with Gasteiger partial charge in [0.15, 0.2) is 0 Å². The Kier molecular flexibility index (Phi) is 9.10. The Morgan fingerprint density at radius 3 is 2.36 bits per heavy atom. The summed E-state index contributed by atoms with van der Waals surface area (Å²) in [6, 6.07) is 10.8. The molecule has 33 heavy (non-hydrogen) atoms. The first kappa shape index (κ1) is 25.5. The number of ether oxygens (including phenoxy) is 2. The molecule has 0 radical (unpaired) electrons. The molecule has 3 heterocycles. The molecular weight excluding hydrogens is 441 g/mol. The van der Waals surface area contributed by atoms with Crippen molar-refractivity contribution in [1.29, 1.82) is 0 Å². The monoisotopic (exact) mass is 472 g/mol. The highest BCUT2D eigenvalue weighted by Gasteiger charge is 2.42. The number of carbonyl (C=O) groups excluding carboxylic acids is 1. The van der Waals surface area contributed by atoms with Gasteiger partial charge in [-0.15, -0.1) is 0 Å². The SMILES string of the molecule is O=C(O)C(F)(F)F.O=C([C@@H]1CC[C@@H]2[C@@H](CCN2CCOCc2ccccc2)O1)N1CCCC1. The summed E-state index contributed by atoms with van der Waals surface area (Å²) in [5, 5.41) is 7.12. The number of benzene rings is 1. The van der Waals surface area contributed by atoms with E-state index in [-0.39, 0.29) is 18.1 Å².